The van der Waals surface area contributed by atoms with Gasteiger partial charge in [0.1, 0.15) is 5.82 Å². The van der Waals surface area contributed by atoms with Crippen LogP contribution in [0.4, 0.5) is 15.8 Å². The second-order valence-electron chi connectivity index (χ2n) is 7.28. The Balaban J connectivity index is 1.31. The third-order valence-electron chi connectivity index (χ3n) is 4.80. The van der Waals surface area contributed by atoms with Crippen molar-refractivity contribution < 1.29 is 22.0 Å². The minimum atomic E-state index is -3.86. The summed E-state index contributed by atoms with van der Waals surface area (Å²) < 4.78 is 45.9. The number of anilines is 2. The summed E-state index contributed by atoms with van der Waals surface area (Å²) in [6.07, 6.45) is 2.01. The highest BCUT2D eigenvalue weighted by molar-refractivity contribution is 7.92. The average Bonchev–Trinajstić information content (AvgIpc) is 3.28. The molecule has 0 radical (unpaired) electrons. The van der Waals surface area contributed by atoms with Gasteiger partial charge in [-0.1, -0.05) is 23.7 Å². The summed E-state index contributed by atoms with van der Waals surface area (Å²) >= 11 is 6.17. The molecular weight excluding hydrogens is 481 g/mol. The fourth-order valence-electron chi connectivity index (χ4n) is 3.10. The second-order valence-corrected chi connectivity index (χ2v) is 9.37. The van der Waals surface area contributed by atoms with Crippen molar-refractivity contribution in [3.63, 3.8) is 0 Å². The second kappa shape index (κ2) is 10.1. The number of carbonyl (C=O) groups excluding carboxylic acids is 1. The minimum Gasteiger partial charge on any atom is -0.441 e. The van der Waals surface area contributed by atoms with E-state index in [9.17, 15) is 17.6 Å². The molecule has 0 spiro atoms. The molecule has 4 rings (SSSR count). The van der Waals surface area contributed by atoms with E-state index in [0.717, 1.165) is 17.7 Å². The van der Waals surface area contributed by atoms with E-state index in [1.807, 2.05) is 18.2 Å². The molecule has 0 aliphatic carbocycles. The average molecular weight is 500 g/mol. The Hall–Kier alpha value is -3.69. The first-order valence-electron chi connectivity index (χ1n) is 10.2. The van der Waals surface area contributed by atoms with Gasteiger partial charge in [0.15, 0.2) is 11.7 Å². The van der Waals surface area contributed by atoms with Crippen molar-refractivity contribution >= 4 is 38.9 Å². The number of rotatable bonds is 8. The molecule has 0 unspecified atom stereocenters. The number of aryl methyl sites for hydroxylation is 1. The maximum absolute atomic E-state index is 13.0. The first-order valence-corrected chi connectivity index (χ1v) is 12.0. The smallest absolute Gasteiger partial charge is 0.261 e. The fourth-order valence-corrected chi connectivity index (χ4v) is 4.39. The molecule has 4 aromatic rings. The van der Waals surface area contributed by atoms with Crippen LogP contribution in [0.15, 0.2) is 88.3 Å². The molecule has 7 nitrogen and oxygen atoms in total. The first kappa shape index (κ1) is 23.5. The molecule has 1 aromatic heterocycles. The minimum absolute atomic E-state index is 0.0597. The molecule has 1 heterocycles. The maximum atomic E-state index is 13.0. The number of sulfonamides is 1. The summed E-state index contributed by atoms with van der Waals surface area (Å²) in [5, 5.41) is 3.29. The maximum Gasteiger partial charge on any atom is 0.261 e. The normalized spacial score (nSPS) is 11.2. The summed E-state index contributed by atoms with van der Waals surface area (Å²) in [4.78, 5) is 16.4. The van der Waals surface area contributed by atoms with Crippen LogP contribution in [0.25, 0.3) is 11.3 Å². The van der Waals surface area contributed by atoms with Crippen LogP contribution in [0.5, 0.6) is 0 Å². The van der Waals surface area contributed by atoms with Crippen molar-refractivity contribution in [2.75, 3.05) is 10.0 Å². The standard InChI is InChI=1S/C24H19ClFN3O4S/c25-21-4-2-1-3-20(21)22-15-27-24(33-22)14-13-23(30)28-17-7-9-18(10-8-17)29-34(31,32)19-11-5-16(26)6-12-19/h1-12,15,29H,13-14H2,(H,28,30). The van der Waals surface area contributed by atoms with Crippen molar-refractivity contribution in [2.45, 2.75) is 17.7 Å². The van der Waals surface area contributed by atoms with Gasteiger partial charge in [0.25, 0.3) is 10.0 Å². The molecule has 1 amide bonds. The molecule has 0 aliphatic heterocycles. The summed E-state index contributed by atoms with van der Waals surface area (Å²) in [6, 6.07) is 17.9. The lowest BCUT2D eigenvalue weighted by atomic mass is 10.2. The SMILES string of the molecule is O=C(CCc1ncc(-c2ccccc2Cl)o1)Nc1ccc(NS(=O)(=O)c2ccc(F)cc2)cc1. The number of hydrogen-bond donors (Lipinski definition) is 2. The van der Waals surface area contributed by atoms with Crippen LogP contribution >= 0.6 is 11.6 Å². The Morgan fingerprint density at radius 3 is 2.35 bits per heavy atom. The van der Waals surface area contributed by atoms with Crippen LogP contribution in [0, 0.1) is 5.82 Å². The largest absolute Gasteiger partial charge is 0.441 e. The molecule has 3 aromatic carbocycles. The molecule has 0 saturated heterocycles. The zero-order valence-corrected chi connectivity index (χ0v) is 19.2. The predicted molar refractivity (Wildman–Crippen MR) is 128 cm³/mol. The van der Waals surface area contributed by atoms with E-state index in [2.05, 4.69) is 15.0 Å². The predicted octanol–water partition coefficient (Wildman–Crippen LogP) is 5.51. The van der Waals surface area contributed by atoms with Crippen LogP contribution < -0.4 is 10.0 Å². The van der Waals surface area contributed by atoms with Gasteiger partial charge in [0, 0.05) is 29.8 Å². The lowest BCUT2D eigenvalue weighted by molar-refractivity contribution is -0.116. The van der Waals surface area contributed by atoms with Crippen molar-refractivity contribution in [1.29, 1.82) is 0 Å². The highest BCUT2D eigenvalue weighted by Crippen LogP contribution is 2.28. The van der Waals surface area contributed by atoms with E-state index in [0.29, 0.717) is 34.5 Å². The van der Waals surface area contributed by atoms with Crippen LogP contribution in [0.1, 0.15) is 12.3 Å². The van der Waals surface area contributed by atoms with Crippen molar-refractivity contribution in [3.05, 3.63) is 95.7 Å². The van der Waals surface area contributed by atoms with Gasteiger partial charge < -0.3 is 9.73 Å². The van der Waals surface area contributed by atoms with Crippen LogP contribution in [-0.2, 0) is 21.2 Å². The molecule has 34 heavy (non-hydrogen) atoms. The molecule has 0 saturated carbocycles. The zero-order chi connectivity index (χ0) is 24.1. The Bertz CT molecular complexity index is 1400. The molecule has 2 N–H and O–H groups in total. The van der Waals surface area contributed by atoms with Gasteiger partial charge in [-0.15, -0.1) is 0 Å². The molecule has 0 bridgehead atoms. The van der Waals surface area contributed by atoms with Crippen molar-refractivity contribution in [1.82, 2.24) is 4.98 Å². The third-order valence-corrected chi connectivity index (χ3v) is 6.53. The van der Waals surface area contributed by atoms with Gasteiger partial charge in [-0.05, 0) is 60.7 Å². The van der Waals surface area contributed by atoms with Crippen LogP contribution in [0.3, 0.4) is 0 Å². The van der Waals surface area contributed by atoms with E-state index in [1.54, 1.807) is 24.4 Å². The number of aromatic nitrogens is 1. The summed E-state index contributed by atoms with van der Waals surface area (Å²) in [7, 11) is -3.86. The molecule has 0 atom stereocenters. The molecule has 0 fully saturated rings. The van der Waals surface area contributed by atoms with Gasteiger partial charge in [-0.2, -0.15) is 0 Å². The summed E-state index contributed by atoms with van der Waals surface area (Å²) in [5.74, 6) is 0.162. The van der Waals surface area contributed by atoms with E-state index in [-0.39, 0.29) is 17.2 Å². The number of nitrogens with zero attached hydrogens (tertiary/aromatic N) is 1. The molecule has 174 valence electrons. The molecular formula is C24H19ClFN3O4S. The topological polar surface area (TPSA) is 101 Å². The first-order chi connectivity index (χ1) is 16.3. The number of nitrogens with one attached hydrogen (secondary N) is 2. The summed E-state index contributed by atoms with van der Waals surface area (Å²) in [6.45, 7) is 0. The Kier molecular flexibility index (Phi) is 6.95. The number of halogens is 2. The van der Waals surface area contributed by atoms with Crippen LogP contribution in [0.2, 0.25) is 5.02 Å². The Morgan fingerprint density at radius 2 is 1.65 bits per heavy atom. The number of amides is 1. The zero-order valence-electron chi connectivity index (χ0n) is 17.7. The number of hydrogen-bond acceptors (Lipinski definition) is 5. The van der Waals surface area contributed by atoms with E-state index >= 15 is 0 Å². The Labute approximate surface area is 200 Å². The lowest BCUT2D eigenvalue weighted by Crippen LogP contribution is -2.14. The monoisotopic (exact) mass is 499 g/mol. The number of carbonyl (C=O) groups is 1. The van der Waals surface area contributed by atoms with E-state index in [1.165, 1.54) is 24.3 Å². The van der Waals surface area contributed by atoms with Gasteiger partial charge in [-0.25, -0.2) is 17.8 Å². The van der Waals surface area contributed by atoms with E-state index < -0.39 is 15.8 Å². The Morgan fingerprint density at radius 1 is 0.971 bits per heavy atom. The summed E-state index contributed by atoms with van der Waals surface area (Å²) in [5.41, 5.74) is 1.52. The quantitative estimate of drug-likeness (QED) is 0.333. The fraction of sp³-hybridized carbons (Fsp3) is 0.0833. The van der Waals surface area contributed by atoms with Gasteiger partial charge in [-0.3, -0.25) is 9.52 Å². The number of oxazole rings is 1. The van der Waals surface area contributed by atoms with E-state index in [4.69, 9.17) is 16.0 Å². The van der Waals surface area contributed by atoms with Gasteiger partial charge >= 0.3 is 0 Å². The van der Waals surface area contributed by atoms with Gasteiger partial charge in [0.2, 0.25) is 5.91 Å². The highest BCUT2D eigenvalue weighted by Gasteiger charge is 2.15. The number of benzene rings is 3. The molecule has 10 heteroatoms. The third kappa shape index (κ3) is 5.81. The highest BCUT2D eigenvalue weighted by atomic mass is 35.5. The van der Waals surface area contributed by atoms with Crippen molar-refractivity contribution in [3.8, 4) is 11.3 Å². The molecule has 0 aliphatic rings. The van der Waals surface area contributed by atoms with Gasteiger partial charge in [0.05, 0.1) is 16.1 Å². The van der Waals surface area contributed by atoms with Crippen molar-refractivity contribution in [2.24, 2.45) is 0 Å². The van der Waals surface area contributed by atoms with Crippen LogP contribution in [-0.4, -0.2) is 19.3 Å². The lowest BCUT2D eigenvalue weighted by Gasteiger charge is -2.09.